The van der Waals surface area contributed by atoms with Gasteiger partial charge in [0.15, 0.2) is 5.82 Å². The molecule has 2 aromatic rings. The summed E-state index contributed by atoms with van der Waals surface area (Å²) >= 11 is 0. The van der Waals surface area contributed by atoms with Crippen LogP contribution >= 0.6 is 0 Å². The van der Waals surface area contributed by atoms with Gasteiger partial charge in [0, 0.05) is 43.7 Å². The lowest BCUT2D eigenvalue weighted by Crippen LogP contribution is -2.53. The summed E-state index contributed by atoms with van der Waals surface area (Å²) in [6.45, 7) is 3.40. The Kier molecular flexibility index (Phi) is 5.53. The van der Waals surface area contributed by atoms with Gasteiger partial charge in [-0.25, -0.2) is 9.97 Å². The molecule has 2 fully saturated rings. The molecule has 0 radical (unpaired) electrons. The highest BCUT2D eigenvalue weighted by Gasteiger charge is 2.41. The normalized spacial score (nSPS) is 19.4. The zero-order chi connectivity index (χ0) is 20.3. The molecule has 2 N–H and O–H groups in total. The average molecular weight is 394 g/mol. The molecule has 8 nitrogen and oxygen atoms in total. The predicted octanol–water partition coefficient (Wildman–Crippen LogP) is 1.23. The van der Waals surface area contributed by atoms with Gasteiger partial charge in [-0.2, -0.15) is 0 Å². The number of pyridine rings is 1. The van der Waals surface area contributed by atoms with Crippen molar-refractivity contribution in [2.45, 2.75) is 32.2 Å². The number of rotatable bonds is 5. The lowest BCUT2D eigenvalue weighted by atomic mass is 9.72. The molecule has 0 aliphatic carbocycles. The van der Waals surface area contributed by atoms with Gasteiger partial charge in [-0.15, -0.1) is 0 Å². The molecule has 4 heterocycles. The van der Waals surface area contributed by atoms with Crippen LogP contribution < -0.4 is 5.73 Å². The van der Waals surface area contributed by atoms with E-state index in [-0.39, 0.29) is 17.9 Å². The van der Waals surface area contributed by atoms with Gasteiger partial charge in [-0.1, -0.05) is 6.07 Å². The highest BCUT2D eigenvalue weighted by molar-refractivity contribution is 5.84. The monoisotopic (exact) mass is 394 g/mol. The minimum absolute atomic E-state index is 0.0320. The summed E-state index contributed by atoms with van der Waals surface area (Å²) in [6.07, 6.45) is 8.92. The Morgan fingerprint density at radius 3 is 2.52 bits per heavy atom. The fourth-order valence-electron chi connectivity index (χ4n) is 4.35. The molecular weight excluding hydrogens is 368 g/mol. The van der Waals surface area contributed by atoms with Gasteiger partial charge >= 0.3 is 0 Å². The summed E-state index contributed by atoms with van der Waals surface area (Å²) in [7, 11) is 0. The quantitative estimate of drug-likeness (QED) is 0.818. The lowest BCUT2D eigenvalue weighted by Gasteiger charge is -2.47. The van der Waals surface area contributed by atoms with Crippen LogP contribution in [0.1, 0.15) is 31.2 Å². The molecule has 4 rings (SSSR count). The summed E-state index contributed by atoms with van der Waals surface area (Å²) < 4.78 is 0. The van der Waals surface area contributed by atoms with Crippen LogP contribution in [0.4, 0.5) is 0 Å². The largest absolute Gasteiger partial charge is 0.368 e. The van der Waals surface area contributed by atoms with Gasteiger partial charge in [-0.05, 0) is 49.9 Å². The van der Waals surface area contributed by atoms with Crippen molar-refractivity contribution < 1.29 is 9.59 Å². The van der Waals surface area contributed by atoms with Crippen molar-refractivity contribution >= 4 is 11.8 Å². The van der Waals surface area contributed by atoms with E-state index in [1.54, 1.807) is 11.1 Å². The molecular formula is C21H26N6O2. The molecule has 8 heteroatoms. The smallest absolute Gasteiger partial charge is 0.237 e. The molecule has 0 atom stereocenters. The van der Waals surface area contributed by atoms with Crippen molar-refractivity contribution in [1.29, 1.82) is 0 Å². The topological polar surface area (TPSA) is 105 Å². The first-order valence-corrected chi connectivity index (χ1v) is 10.0. The Morgan fingerprint density at radius 1 is 1.10 bits per heavy atom. The number of amides is 2. The van der Waals surface area contributed by atoms with Crippen LogP contribution in [0.25, 0.3) is 11.5 Å². The maximum absolute atomic E-state index is 12.1. The van der Waals surface area contributed by atoms with Crippen molar-refractivity contribution in [3.63, 3.8) is 0 Å². The van der Waals surface area contributed by atoms with E-state index in [9.17, 15) is 9.59 Å². The van der Waals surface area contributed by atoms with E-state index in [4.69, 9.17) is 5.73 Å². The van der Waals surface area contributed by atoms with Gasteiger partial charge in [0.1, 0.15) is 5.69 Å². The highest BCUT2D eigenvalue weighted by atomic mass is 16.2. The number of primary amides is 1. The van der Waals surface area contributed by atoms with E-state index in [0.717, 1.165) is 50.2 Å². The minimum atomic E-state index is -0.443. The van der Waals surface area contributed by atoms with E-state index >= 15 is 0 Å². The van der Waals surface area contributed by atoms with Crippen molar-refractivity contribution in [3.8, 4) is 11.5 Å². The average Bonchev–Trinajstić information content (AvgIpc) is 2.74. The maximum Gasteiger partial charge on any atom is 0.237 e. The van der Waals surface area contributed by atoms with E-state index in [1.807, 2.05) is 30.6 Å². The number of piperidine rings is 2. The van der Waals surface area contributed by atoms with Gasteiger partial charge in [0.2, 0.25) is 11.8 Å². The fourth-order valence-corrected chi connectivity index (χ4v) is 4.35. The standard InChI is InChI=1S/C21H26N6O2/c22-18(28)14-27-15-21(5-4-19(27)29)6-9-26(10-7-21)13-16-11-24-20(25-12-16)17-3-1-2-8-23-17/h1-3,8,11-12H,4-7,9-10,13-15H2,(H2,22,28). The third kappa shape index (κ3) is 4.59. The number of likely N-dealkylation sites (tertiary alicyclic amines) is 2. The molecule has 29 heavy (non-hydrogen) atoms. The van der Waals surface area contributed by atoms with Crippen LogP contribution in [-0.4, -0.2) is 62.7 Å². The van der Waals surface area contributed by atoms with Crippen molar-refractivity contribution in [3.05, 3.63) is 42.4 Å². The number of carbonyl (C=O) groups is 2. The molecule has 2 aliphatic heterocycles. The van der Waals surface area contributed by atoms with Gasteiger partial charge in [0.25, 0.3) is 0 Å². The van der Waals surface area contributed by atoms with Crippen molar-refractivity contribution in [2.24, 2.45) is 11.1 Å². The molecule has 2 aromatic heterocycles. The molecule has 2 saturated heterocycles. The Bertz CT molecular complexity index is 862. The fraction of sp³-hybridized carbons (Fsp3) is 0.476. The van der Waals surface area contributed by atoms with E-state index in [1.165, 1.54) is 0 Å². The molecule has 0 aromatic carbocycles. The molecule has 2 aliphatic rings. The van der Waals surface area contributed by atoms with E-state index < -0.39 is 5.91 Å². The Balaban J connectivity index is 1.33. The summed E-state index contributed by atoms with van der Waals surface area (Å²) in [5, 5.41) is 0. The molecule has 1 spiro atoms. The second kappa shape index (κ2) is 8.24. The highest BCUT2D eigenvalue weighted by Crippen LogP contribution is 2.40. The van der Waals surface area contributed by atoms with Crippen LogP contribution in [0.3, 0.4) is 0 Å². The summed E-state index contributed by atoms with van der Waals surface area (Å²) in [5.41, 5.74) is 7.26. The zero-order valence-electron chi connectivity index (χ0n) is 16.5. The Hall–Kier alpha value is -2.87. The Labute approximate surface area is 170 Å². The minimum Gasteiger partial charge on any atom is -0.368 e. The number of nitrogens with zero attached hydrogens (tertiary/aromatic N) is 5. The lowest BCUT2D eigenvalue weighted by molar-refractivity contribution is -0.142. The van der Waals surface area contributed by atoms with Crippen molar-refractivity contribution in [1.82, 2.24) is 24.8 Å². The predicted molar refractivity (Wildman–Crippen MR) is 107 cm³/mol. The first-order chi connectivity index (χ1) is 14.0. The molecule has 2 amide bonds. The SMILES string of the molecule is NC(=O)CN1CC2(CCC1=O)CCN(Cc1cnc(-c3ccccn3)nc1)CC2. The first-order valence-electron chi connectivity index (χ1n) is 10.0. The third-order valence-corrected chi connectivity index (χ3v) is 6.02. The second-order valence-electron chi connectivity index (χ2n) is 8.12. The first kappa shape index (κ1) is 19.4. The summed E-state index contributed by atoms with van der Waals surface area (Å²) in [5.74, 6) is 0.234. The molecule has 0 saturated carbocycles. The number of aromatic nitrogens is 3. The second-order valence-corrected chi connectivity index (χ2v) is 8.12. The number of nitrogens with two attached hydrogens (primary N) is 1. The summed E-state index contributed by atoms with van der Waals surface area (Å²) in [6, 6.07) is 5.69. The van der Waals surface area contributed by atoms with Gasteiger partial charge in [-0.3, -0.25) is 19.5 Å². The van der Waals surface area contributed by atoms with Crippen LogP contribution in [0.2, 0.25) is 0 Å². The van der Waals surface area contributed by atoms with Crippen molar-refractivity contribution in [2.75, 3.05) is 26.2 Å². The molecule has 152 valence electrons. The number of hydrogen-bond donors (Lipinski definition) is 1. The van der Waals surface area contributed by atoms with Crippen LogP contribution in [0.5, 0.6) is 0 Å². The van der Waals surface area contributed by atoms with E-state index in [0.29, 0.717) is 18.8 Å². The van der Waals surface area contributed by atoms with Gasteiger partial charge in [0.05, 0.1) is 6.54 Å². The summed E-state index contributed by atoms with van der Waals surface area (Å²) in [4.78, 5) is 40.6. The van der Waals surface area contributed by atoms with Gasteiger partial charge < -0.3 is 10.6 Å². The van der Waals surface area contributed by atoms with Crippen LogP contribution in [0.15, 0.2) is 36.8 Å². The molecule has 0 unspecified atom stereocenters. The third-order valence-electron chi connectivity index (χ3n) is 6.02. The molecule has 0 bridgehead atoms. The van der Waals surface area contributed by atoms with Crippen LogP contribution in [0, 0.1) is 5.41 Å². The maximum atomic E-state index is 12.1. The Morgan fingerprint density at radius 2 is 1.86 bits per heavy atom. The van der Waals surface area contributed by atoms with Crippen LogP contribution in [-0.2, 0) is 16.1 Å². The number of hydrogen-bond acceptors (Lipinski definition) is 6. The number of carbonyl (C=O) groups excluding carboxylic acids is 2. The zero-order valence-corrected chi connectivity index (χ0v) is 16.5. The van der Waals surface area contributed by atoms with E-state index in [2.05, 4.69) is 19.9 Å².